The van der Waals surface area contributed by atoms with E-state index < -0.39 is 0 Å². The van der Waals surface area contributed by atoms with E-state index in [4.69, 9.17) is 16.6 Å². The SMILES string of the molecule is Cc1cccc2c1nc(CCl)n2CC1(N(C)C)CCC1. The maximum absolute atomic E-state index is 6.13. The normalized spacial score (nSPS) is 17.6. The van der Waals surface area contributed by atoms with Gasteiger partial charge < -0.3 is 9.47 Å². The highest BCUT2D eigenvalue weighted by atomic mass is 35.5. The fourth-order valence-electron chi connectivity index (χ4n) is 3.24. The zero-order chi connectivity index (χ0) is 14.3. The number of hydrogen-bond donors (Lipinski definition) is 0. The molecule has 108 valence electrons. The molecule has 20 heavy (non-hydrogen) atoms. The summed E-state index contributed by atoms with van der Waals surface area (Å²) in [6.45, 7) is 3.10. The minimum absolute atomic E-state index is 0.276. The first-order chi connectivity index (χ1) is 9.57. The largest absolute Gasteiger partial charge is 0.325 e. The number of aromatic nitrogens is 2. The summed E-state index contributed by atoms with van der Waals surface area (Å²) in [5.41, 5.74) is 3.81. The van der Waals surface area contributed by atoms with Crippen LogP contribution < -0.4 is 0 Å². The first kappa shape index (κ1) is 13.9. The lowest BCUT2D eigenvalue weighted by Crippen LogP contribution is -2.53. The molecule has 0 atom stereocenters. The fraction of sp³-hybridized carbons (Fsp3) is 0.562. The molecule has 1 aliphatic carbocycles. The Hall–Kier alpha value is -1.06. The molecule has 0 radical (unpaired) electrons. The number of rotatable bonds is 4. The van der Waals surface area contributed by atoms with Crippen LogP contribution in [0, 0.1) is 6.92 Å². The second-order valence-electron chi connectivity index (χ2n) is 6.16. The standard InChI is InChI=1S/C16H22ClN3/c1-12-6-4-7-13-15(12)18-14(10-17)20(13)11-16(19(2)3)8-5-9-16/h4,6-7H,5,8-11H2,1-3H3. The lowest BCUT2D eigenvalue weighted by Gasteiger charge is -2.47. The Morgan fingerprint density at radius 3 is 2.65 bits per heavy atom. The van der Waals surface area contributed by atoms with Gasteiger partial charge in [0.25, 0.3) is 0 Å². The molecular formula is C16H22ClN3. The molecule has 0 unspecified atom stereocenters. The van der Waals surface area contributed by atoms with E-state index in [0.717, 1.165) is 17.9 Å². The minimum Gasteiger partial charge on any atom is -0.325 e. The number of fused-ring (bicyclic) bond motifs is 1. The van der Waals surface area contributed by atoms with E-state index >= 15 is 0 Å². The van der Waals surface area contributed by atoms with Gasteiger partial charge in [0.05, 0.1) is 16.9 Å². The van der Waals surface area contributed by atoms with Gasteiger partial charge in [-0.2, -0.15) is 0 Å². The van der Waals surface area contributed by atoms with Crippen molar-refractivity contribution in [1.82, 2.24) is 14.5 Å². The number of likely N-dealkylation sites (N-methyl/N-ethyl adjacent to an activating group) is 1. The van der Waals surface area contributed by atoms with Crippen LogP contribution in [-0.4, -0.2) is 34.1 Å². The van der Waals surface area contributed by atoms with Crippen molar-refractivity contribution in [3.05, 3.63) is 29.6 Å². The Labute approximate surface area is 125 Å². The molecule has 3 nitrogen and oxygen atoms in total. The Bertz CT molecular complexity index is 626. The molecule has 3 rings (SSSR count). The summed E-state index contributed by atoms with van der Waals surface area (Å²) >= 11 is 6.13. The zero-order valence-electron chi connectivity index (χ0n) is 12.5. The van der Waals surface area contributed by atoms with E-state index in [1.807, 2.05) is 0 Å². The van der Waals surface area contributed by atoms with Crippen molar-refractivity contribution in [2.75, 3.05) is 14.1 Å². The zero-order valence-corrected chi connectivity index (χ0v) is 13.2. The summed E-state index contributed by atoms with van der Waals surface area (Å²) in [5, 5.41) is 0. The first-order valence-electron chi connectivity index (χ1n) is 7.25. The number of alkyl halides is 1. The second-order valence-corrected chi connectivity index (χ2v) is 6.43. The number of aryl methyl sites for hydroxylation is 1. The molecule has 1 saturated carbocycles. The highest BCUT2D eigenvalue weighted by Gasteiger charge is 2.40. The summed E-state index contributed by atoms with van der Waals surface area (Å²) in [5.74, 6) is 1.46. The maximum atomic E-state index is 6.13. The van der Waals surface area contributed by atoms with Gasteiger partial charge in [0, 0.05) is 12.1 Å². The summed E-state index contributed by atoms with van der Waals surface area (Å²) in [6, 6.07) is 6.38. The van der Waals surface area contributed by atoms with E-state index in [9.17, 15) is 0 Å². The van der Waals surface area contributed by atoms with Crippen molar-refractivity contribution in [3.63, 3.8) is 0 Å². The number of benzene rings is 1. The lowest BCUT2D eigenvalue weighted by atomic mass is 9.75. The number of hydrogen-bond acceptors (Lipinski definition) is 2. The molecule has 0 N–H and O–H groups in total. The van der Waals surface area contributed by atoms with Gasteiger partial charge in [-0.15, -0.1) is 11.6 Å². The third-order valence-corrected chi connectivity index (χ3v) is 5.10. The number of nitrogens with zero attached hydrogens (tertiary/aromatic N) is 3. The Balaban J connectivity index is 2.08. The highest BCUT2D eigenvalue weighted by molar-refractivity contribution is 6.16. The summed E-state index contributed by atoms with van der Waals surface area (Å²) in [7, 11) is 4.37. The van der Waals surface area contributed by atoms with Gasteiger partial charge in [-0.3, -0.25) is 0 Å². The predicted octanol–water partition coefficient (Wildman–Crippen LogP) is 3.57. The van der Waals surface area contributed by atoms with Gasteiger partial charge in [0.15, 0.2) is 0 Å². The van der Waals surface area contributed by atoms with Crippen molar-refractivity contribution in [2.45, 2.75) is 44.1 Å². The quantitative estimate of drug-likeness (QED) is 0.803. The minimum atomic E-state index is 0.276. The molecule has 1 heterocycles. The summed E-state index contributed by atoms with van der Waals surface area (Å²) in [4.78, 5) is 7.12. The molecule has 0 bridgehead atoms. The maximum Gasteiger partial charge on any atom is 0.124 e. The molecule has 0 spiro atoms. The fourth-order valence-corrected chi connectivity index (χ4v) is 3.44. The van der Waals surface area contributed by atoms with E-state index in [-0.39, 0.29) is 5.54 Å². The Morgan fingerprint density at radius 1 is 1.35 bits per heavy atom. The van der Waals surface area contributed by atoms with Crippen LogP contribution in [0.2, 0.25) is 0 Å². The van der Waals surface area contributed by atoms with Crippen LogP contribution in [0.4, 0.5) is 0 Å². The first-order valence-corrected chi connectivity index (χ1v) is 7.79. The van der Waals surface area contributed by atoms with Gasteiger partial charge in [-0.25, -0.2) is 4.98 Å². The Kier molecular flexibility index (Phi) is 3.51. The van der Waals surface area contributed by atoms with Crippen LogP contribution in [-0.2, 0) is 12.4 Å². The van der Waals surface area contributed by atoms with Crippen molar-refractivity contribution < 1.29 is 0 Å². The van der Waals surface area contributed by atoms with E-state index in [1.54, 1.807) is 0 Å². The van der Waals surface area contributed by atoms with Gasteiger partial charge in [0.2, 0.25) is 0 Å². The van der Waals surface area contributed by atoms with Crippen LogP contribution in [0.25, 0.3) is 11.0 Å². The average Bonchev–Trinajstić information content (AvgIpc) is 2.72. The highest BCUT2D eigenvalue weighted by Crippen LogP contribution is 2.38. The average molecular weight is 292 g/mol. The van der Waals surface area contributed by atoms with E-state index in [2.05, 4.69) is 48.7 Å². The predicted molar refractivity (Wildman–Crippen MR) is 84.3 cm³/mol. The summed E-state index contributed by atoms with van der Waals surface area (Å²) < 4.78 is 2.33. The van der Waals surface area contributed by atoms with Gasteiger partial charge in [0.1, 0.15) is 5.82 Å². The molecule has 0 saturated heterocycles. The topological polar surface area (TPSA) is 21.1 Å². The monoisotopic (exact) mass is 291 g/mol. The lowest BCUT2D eigenvalue weighted by molar-refractivity contribution is 0.0429. The van der Waals surface area contributed by atoms with Crippen LogP contribution in [0.1, 0.15) is 30.7 Å². The van der Waals surface area contributed by atoms with Gasteiger partial charge >= 0.3 is 0 Å². The number of para-hydroxylation sites is 1. The molecule has 2 aromatic rings. The van der Waals surface area contributed by atoms with Crippen LogP contribution >= 0.6 is 11.6 Å². The molecule has 1 fully saturated rings. The van der Waals surface area contributed by atoms with Crippen molar-refractivity contribution in [3.8, 4) is 0 Å². The van der Waals surface area contributed by atoms with Crippen LogP contribution in [0.5, 0.6) is 0 Å². The molecule has 1 aromatic heterocycles. The third-order valence-electron chi connectivity index (χ3n) is 4.86. The van der Waals surface area contributed by atoms with E-state index in [0.29, 0.717) is 5.88 Å². The van der Waals surface area contributed by atoms with Crippen LogP contribution in [0.15, 0.2) is 18.2 Å². The third kappa shape index (κ3) is 2.04. The summed E-state index contributed by atoms with van der Waals surface area (Å²) in [6.07, 6.45) is 3.83. The van der Waals surface area contributed by atoms with Gasteiger partial charge in [-0.1, -0.05) is 12.1 Å². The molecular weight excluding hydrogens is 270 g/mol. The molecule has 0 amide bonds. The van der Waals surface area contributed by atoms with Crippen molar-refractivity contribution in [2.24, 2.45) is 0 Å². The second kappa shape index (κ2) is 5.05. The molecule has 0 aliphatic heterocycles. The number of halogens is 1. The number of imidazole rings is 1. The molecule has 1 aliphatic rings. The Morgan fingerprint density at radius 2 is 2.10 bits per heavy atom. The smallest absolute Gasteiger partial charge is 0.124 e. The molecule has 1 aromatic carbocycles. The van der Waals surface area contributed by atoms with Crippen molar-refractivity contribution >= 4 is 22.6 Å². The van der Waals surface area contributed by atoms with E-state index in [1.165, 1.54) is 30.3 Å². The van der Waals surface area contributed by atoms with Crippen LogP contribution in [0.3, 0.4) is 0 Å². The van der Waals surface area contributed by atoms with Gasteiger partial charge in [-0.05, 0) is 51.9 Å². The van der Waals surface area contributed by atoms with Crippen molar-refractivity contribution in [1.29, 1.82) is 0 Å². The molecule has 4 heteroatoms.